The molecule has 1 fully saturated rings. The Labute approximate surface area is 205 Å². The predicted octanol–water partition coefficient (Wildman–Crippen LogP) is 4.46. The Morgan fingerprint density at radius 1 is 0.800 bits per heavy atom. The quantitative estimate of drug-likeness (QED) is 0.453. The van der Waals surface area contributed by atoms with Gasteiger partial charge in [0.2, 0.25) is 5.91 Å². The standard InChI is InChI=1S/C28H30N4O3/c1-20(21-7-3-2-4-8-21)30-27(34)22-9-15-25(16-10-22)31-26(33)19-29-24-13-11-23(12-14-24)28(35)32-17-5-6-18-32/h2-4,7-16,20,29H,5-6,17-19H2,1H3,(H,30,34)(H,31,33). The molecule has 1 aliphatic rings. The molecule has 0 radical (unpaired) electrons. The Bertz CT molecular complexity index is 1160. The zero-order chi connectivity index (χ0) is 24.6. The van der Waals surface area contributed by atoms with E-state index in [9.17, 15) is 14.4 Å². The maximum absolute atomic E-state index is 12.5. The van der Waals surface area contributed by atoms with E-state index in [0.29, 0.717) is 16.8 Å². The summed E-state index contributed by atoms with van der Waals surface area (Å²) in [4.78, 5) is 39.2. The Morgan fingerprint density at radius 3 is 2.06 bits per heavy atom. The van der Waals surface area contributed by atoms with Crippen LogP contribution in [0.15, 0.2) is 78.9 Å². The molecule has 1 unspecified atom stereocenters. The van der Waals surface area contributed by atoms with E-state index in [-0.39, 0.29) is 30.3 Å². The van der Waals surface area contributed by atoms with Gasteiger partial charge in [0.1, 0.15) is 0 Å². The monoisotopic (exact) mass is 470 g/mol. The van der Waals surface area contributed by atoms with E-state index in [0.717, 1.165) is 37.2 Å². The maximum atomic E-state index is 12.5. The van der Waals surface area contributed by atoms with Crippen LogP contribution in [0.2, 0.25) is 0 Å². The van der Waals surface area contributed by atoms with Gasteiger partial charge in [-0.1, -0.05) is 30.3 Å². The van der Waals surface area contributed by atoms with Gasteiger partial charge in [0.05, 0.1) is 12.6 Å². The van der Waals surface area contributed by atoms with Crippen LogP contribution < -0.4 is 16.0 Å². The second kappa shape index (κ2) is 11.3. The Balaban J connectivity index is 1.24. The molecule has 3 N–H and O–H groups in total. The fraction of sp³-hybridized carbons (Fsp3) is 0.250. The molecule has 0 bridgehead atoms. The topological polar surface area (TPSA) is 90.5 Å². The number of hydrogen-bond acceptors (Lipinski definition) is 4. The third-order valence-corrected chi connectivity index (χ3v) is 6.06. The fourth-order valence-electron chi connectivity index (χ4n) is 4.03. The van der Waals surface area contributed by atoms with Crippen molar-refractivity contribution in [3.63, 3.8) is 0 Å². The molecule has 0 saturated carbocycles. The third-order valence-electron chi connectivity index (χ3n) is 6.06. The van der Waals surface area contributed by atoms with E-state index in [1.807, 2.05) is 42.2 Å². The van der Waals surface area contributed by atoms with Gasteiger partial charge in [0, 0.05) is 35.6 Å². The molecule has 3 aromatic rings. The Morgan fingerprint density at radius 2 is 1.40 bits per heavy atom. The first-order chi connectivity index (χ1) is 17.0. The summed E-state index contributed by atoms with van der Waals surface area (Å²) in [5, 5.41) is 8.86. The zero-order valence-corrected chi connectivity index (χ0v) is 19.8. The highest BCUT2D eigenvalue weighted by Crippen LogP contribution is 2.16. The van der Waals surface area contributed by atoms with Gasteiger partial charge in [0.25, 0.3) is 11.8 Å². The van der Waals surface area contributed by atoms with E-state index in [4.69, 9.17) is 0 Å². The van der Waals surface area contributed by atoms with E-state index in [1.165, 1.54) is 0 Å². The van der Waals surface area contributed by atoms with Crippen molar-refractivity contribution in [3.8, 4) is 0 Å². The lowest BCUT2D eigenvalue weighted by molar-refractivity contribution is -0.114. The molecule has 4 rings (SSSR count). The van der Waals surface area contributed by atoms with Crippen LogP contribution in [0, 0.1) is 0 Å². The minimum atomic E-state index is -0.211. The van der Waals surface area contributed by atoms with Crippen LogP contribution in [0.1, 0.15) is 52.1 Å². The van der Waals surface area contributed by atoms with Crippen LogP contribution in [-0.4, -0.2) is 42.3 Å². The predicted molar refractivity (Wildman–Crippen MR) is 137 cm³/mol. The summed E-state index contributed by atoms with van der Waals surface area (Å²) < 4.78 is 0. The van der Waals surface area contributed by atoms with Crippen molar-refractivity contribution in [2.45, 2.75) is 25.8 Å². The number of nitrogens with one attached hydrogen (secondary N) is 3. The zero-order valence-electron chi connectivity index (χ0n) is 19.8. The molecule has 35 heavy (non-hydrogen) atoms. The molecule has 3 amide bonds. The van der Waals surface area contributed by atoms with Gasteiger partial charge in [-0.25, -0.2) is 0 Å². The van der Waals surface area contributed by atoms with E-state index >= 15 is 0 Å². The number of carbonyl (C=O) groups excluding carboxylic acids is 3. The second-order valence-electron chi connectivity index (χ2n) is 8.66. The smallest absolute Gasteiger partial charge is 0.253 e. The first-order valence-corrected chi connectivity index (χ1v) is 11.9. The van der Waals surface area contributed by atoms with Crippen molar-refractivity contribution in [1.29, 1.82) is 0 Å². The molecule has 1 saturated heterocycles. The summed E-state index contributed by atoms with van der Waals surface area (Å²) in [5.74, 6) is -0.330. The largest absolute Gasteiger partial charge is 0.376 e. The summed E-state index contributed by atoms with van der Waals surface area (Å²) >= 11 is 0. The average molecular weight is 471 g/mol. The number of carbonyl (C=O) groups is 3. The molecule has 0 aliphatic carbocycles. The lowest BCUT2D eigenvalue weighted by atomic mass is 10.1. The molecule has 1 aliphatic heterocycles. The number of benzene rings is 3. The van der Waals surface area contributed by atoms with Crippen LogP contribution in [0.4, 0.5) is 11.4 Å². The average Bonchev–Trinajstić information content (AvgIpc) is 3.43. The lowest BCUT2D eigenvalue weighted by Crippen LogP contribution is -2.27. The number of amides is 3. The normalized spacial score (nSPS) is 13.7. The van der Waals surface area contributed by atoms with Gasteiger partial charge >= 0.3 is 0 Å². The van der Waals surface area contributed by atoms with Crippen LogP contribution in [0.5, 0.6) is 0 Å². The molecule has 1 atom stereocenters. The van der Waals surface area contributed by atoms with Gasteiger partial charge in [-0.15, -0.1) is 0 Å². The van der Waals surface area contributed by atoms with E-state index in [2.05, 4.69) is 16.0 Å². The molecule has 7 nitrogen and oxygen atoms in total. The number of hydrogen-bond donors (Lipinski definition) is 3. The highest BCUT2D eigenvalue weighted by Gasteiger charge is 2.19. The van der Waals surface area contributed by atoms with Crippen molar-refractivity contribution in [2.24, 2.45) is 0 Å². The van der Waals surface area contributed by atoms with Gasteiger partial charge in [-0.3, -0.25) is 14.4 Å². The first-order valence-electron chi connectivity index (χ1n) is 11.9. The van der Waals surface area contributed by atoms with Gasteiger partial charge < -0.3 is 20.9 Å². The first kappa shape index (κ1) is 24.0. The van der Waals surface area contributed by atoms with Crippen molar-refractivity contribution >= 4 is 29.1 Å². The summed E-state index contributed by atoms with van der Waals surface area (Å²) in [6, 6.07) is 23.6. The molecule has 180 valence electrons. The van der Waals surface area contributed by atoms with E-state index < -0.39 is 0 Å². The number of rotatable bonds is 8. The second-order valence-corrected chi connectivity index (χ2v) is 8.66. The van der Waals surface area contributed by atoms with Crippen molar-refractivity contribution in [2.75, 3.05) is 30.3 Å². The molecule has 3 aromatic carbocycles. The summed E-state index contributed by atoms with van der Waals surface area (Å²) in [6.45, 7) is 3.65. The number of nitrogens with zero attached hydrogens (tertiary/aromatic N) is 1. The van der Waals surface area contributed by atoms with Crippen molar-refractivity contribution < 1.29 is 14.4 Å². The molecule has 0 spiro atoms. The SMILES string of the molecule is CC(NC(=O)c1ccc(NC(=O)CNc2ccc(C(=O)N3CCCC3)cc2)cc1)c1ccccc1. The minimum absolute atomic E-state index is 0.0541. The molecule has 1 heterocycles. The van der Waals surface area contributed by atoms with Crippen LogP contribution in [0.25, 0.3) is 0 Å². The van der Waals surface area contributed by atoms with Crippen molar-refractivity contribution in [1.82, 2.24) is 10.2 Å². The van der Waals surface area contributed by atoms with Gasteiger partial charge in [-0.2, -0.15) is 0 Å². The minimum Gasteiger partial charge on any atom is -0.376 e. The van der Waals surface area contributed by atoms with Crippen molar-refractivity contribution in [3.05, 3.63) is 95.6 Å². The van der Waals surface area contributed by atoms with Gasteiger partial charge in [0.15, 0.2) is 0 Å². The molecule has 7 heteroatoms. The summed E-state index contributed by atoms with van der Waals surface area (Å²) in [5.41, 5.74) is 3.58. The number of likely N-dealkylation sites (tertiary alicyclic amines) is 1. The number of anilines is 2. The highest BCUT2D eigenvalue weighted by molar-refractivity contribution is 5.97. The van der Waals surface area contributed by atoms with E-state index in [1.54, 1.807) is 48.5 Å². The van der Waals surface area contributed by atoms with Gasteiger partial charge in [-0.05, 0) is 73.9 Å². The summed E-state index contributed by atoms with van der Waals surface area (Å²) in [7, 11) is 0. The lowest BCUT2D eigenvalue weighted by Gasteiger charge is -2.15. The molecular formula is C28H30N4O3. The molecule has 0 aromatic heterocycles. The Hall–Kier alpha value is -4.13. The highest BCUT2D eigenvalue weighted by atomic mass is 16.2. The van der Waals surface area contributed by atoms with Crippen LogP contribution in [0.3, 0.4) is 0 Å². The summed E-state index contributed by atoms with van der Waals surface area (Å²) in [6.07, 6.45) is 2.12. The Kier molecular flexibility index (Phi) is 7.77. The maximum Gasteiger partial charge on any atom is 0.253 e. The fourth-order valence-corrected chi connectivity index (χ4v) is 4.03. The van der Waals surface area contributed by atoms with Crippen LogP contribution in [-0.2, 0) is 4.79 Å². The third kappa shape index (κ3) is 6.47. The molecular weight excluding hydrogens is 440 g/mol. The van der Waals surface area contributed by atoms with Crippen LogP contribution >= 0.6 is 0 Å².